The number of rotatable bonds is 5. The van der Waals surface area contributed by atoms with Crippen LogP contribution in [0.25, 0.3) is 16.0 Å². The number of thiazole rings is 1. The third-order valence-electron chi connectivity index (χ3n) is 3.71. The zero-order chi connectivity index (χ0) is 16.5. The molecule has 3 aromatic heterocycles. The van der Waals surface area contributed by atoms with E-state index in [0.717, 1.165) is 16.7 Å². The highest BCUT2D eigenvalue weighted by atomic mass is 32.1. The molecule has 3 N–H and O–H groups in total. The van der Waals surface area contributed by atoms with Gasteiger partial charge in [0.05, 0.1) is 6.20 Å². The molecule has 6 nitrogen and oxygen atoms in total. The molecule has 1 aromatic carbocycles. The Hall–Kier alpha value is -2.71. The first kappa shape index (κ1) is 14.9. The van der Waals surface area contributed by atoms with E-state index < -0.39 is 6.23 Å². The lowest BCUT2D eigenvalue weighted by molar-refractivity contribution is 0.204. The molecule has 0 fully saturated rings. The number of halogens is 1. The van der Waals surface area contributed by atoms with Gasteiger partial charge in [-0.2, -0.15) is 9.49 Å². The van der Waals surface area contributed by atoms with Crippen LogP contribution in [0.2, 0.25) is 0 Å². The van der Waals surface area contributed by atoms with E-state index in [-0.39, 0.29) is 5.95 Å². The van der Waals surface area contributed by atoms with Gasteiger partial charge in [0, 0.05) is 23.6 Å². The van der Waals surface area contributed by atoms with Gasteiger partial charge in [-0.1, -0.05) is 24.3 Å². The zero-order valence-electron chi connectivity index (χ0n) is 12.5. The smallest absolute Gasteiger partial charge is 0.210 e. The number of benzene rings is 1. The number of anilines is 1. The molecule has 24 heavy (non-hydrogen) atoms. The molecule has 0 amide bonds. The van der Waals surface area contributed by atoms with Crippen molar-refractivity contribution >= 4 is 22.0 Å². The molecule has 0 spiro atoms. The summed E-state index contributed by atoms with van der Waals surface area (Å²) in [5.74, 6) is 0.111. The molecule has 1 atom stereocenters. The van der Waals surface area contributed by atoms with Crippen LogP contribution in [-0.2, 0) is 6.42 Å². The quantitative estimate of drug-likeness (QED) is 0.487. The second-order valence-corrected chi connectivity index (χ2v) is 6.24. The lowest BCUT2D eigenvalue weighted by atomic mass is 10.0. The van der Waals surface area contributed by atoms with Crippen LogP contribution in [0.3, 0.4) is 0 Å². The largest absolute Gasteiger partial charge is 0.373 e. The fourth-order valence-corrected chi connectivity index (χ4v) is 3.37. The van der Waals surface area contributed by atoms with E-state index in [4.69, 9.17) is 0 Å². The average Bonchev–Trinajstić information content (AvgIpc) is 3.29. The van der Waals surface area contributed by atoms with E-state index in [2.05, 4.69) is 20.5 Å². The van der Waals surface area contributed by atoms with Gasteiger partial charge in [0.2, 0.25) is 5.95 Å². The number of aromatic nitrogens is 4. The average molecular weight is 343 g/mol. The molecule has 4 rings (SSSR count). The van der Waals surface area contributed by atoms with Crippen molar-refractivity contribution in [2.45, 2.75) is 12.6 Å². The molecule has 0 aliphatic heterocycles. The summed E-state index contributed by atoms with van der Waals surface area (Å²) in [5.41, 5.74) is 2.99. The molecular formula is C16H14FN5OS. The van der Waals surface area contributed by atoms with E-state index in [0.29, 0.717) is 17.1 Å². The number of nitrogens with one attached hydrogen (secondary N) is 2. The zero-order valence-corrected chi connectivity index (χ0v) is 13.3. The first-order valence-corrected chi connectivity index (χ1v) is 8.21. The van der Waals surface area contributed by atoms with Crippen LogP contribution in [0, 0.1) is 5.95 Å². The van der Waals surface area contributed by atoms with Crippen molar-refractivity contribution in [3.8, 4) is 11.1 Å². The first-order valence-electron chi connectivity index (χ1n) is 7.33. The van der Waals surface area contributed by atoms with Crippen LogP contribution in [0.15, 0.2) is 48.4 Å². The number of aliphatic hydroxyl groups excluding tert-OH is 1. The van der Waals surface area contributed by atoms with Crippen LogP contribution in [0.4, 0.5) is 10.2 Å². The maximum Gasteiger partial charge on any atom is 0.210 e. The summed E-state index contributed by atoms with van der Waals surface area (Å²) in [6.07, 6.45) is 4.55. The molecule has 0 bridgehead atoms. The van der Waals surface area contributed by atoms with Gasteiger partial charge < -0.3 is 10.4 Å². The summed E-state index contributed by atoms with van der Waals surface area (Å²) in [6.45, 7) is 0. The van der Waals surface area contributed by atoms with Crippen molar-refractivity contribution in [2.24, 2.45) is 0 Å². The van der Waals surface area contributed by atoms with Gasteiger partial charge in [-0.25, -0.2) is 4.98 Å². The Labute approximate surface area is 140 Å². The number of aliphatic hydroxyl groups is 1. The van der Waals surface area contributed by atoms with Crippen LogP contribution in [-0.4, -0.2) is 30.9 Å². The molecule has 4 aromatic rings. The molecular weight excluding hydrogens is 329 g/mol. The van der Waals surface area contributed by atoms with Crippen LogP contribution in [0.1, 0.15) is 5.56 Å². The predicted octanol–water partition coefficient (Wildman–Crippen LogP) is 2.90. The maximum atomic E-state index is 13.5. The van der Waals surface area contributed by atoms with Crippen molar-refractivity contribution in [1.82, 2.24) is 19.6 Å². The number of imidazole rings is 1. The minimum atomic E-state index is -0.825. The molecule has 0 aliphatic carbocycles. The van der Waals surface area contributed by atoms with E-state index in [9.17, 15) is 9.50 Å². The number of hydrogen-bond acceptors (Lipinski definition) is 5. The second-order valence-electron chi connectivity index (χ2n) is 5.38. The Balaban J connectivity index is 1.50. The standard InChI is InChI=1S/C16H14FN5OS/c17-13-8-24-16-15(18-9-22(13)16)21-14(23)5-10-2-1-3-11(4-10)12-6-19-20-7-12/h1-4,6-9,14,21,23H,5H2,(H,19,20). The third kappa shape index (κ3) is 2.77. The number of H-pyrrole nitrogens is 1. The van der Waals surface area contributed by atoms with Gasteiger partial charge >= 0.3 is 0 Å². The Morgan fingerprint density at radius 1 is 1.38 bits per heavy atom. The normalized spacial score (nSPS) is 12.6. The van der Waals surface area contributed by atoms with Gasteiger partial charge in [-0.05, 0) is 11.1 Å². The number of fused-ring (bicyclic) bond motifs is 1. The summed E-state index contributed by atoms with van der Waals surface area (Å²) in [6, 6.07) is 7.88. The number of nitrogens with zero attached hydrogens (tertiary/aromatic N) is 3. The topological polar surface area (TPSA) is 78.2 Å². The van der Waals surface area contributed by atoms with Crippen molar-refractivity contribution < 1.29 is 9.50 Å². The molecule has 0 saturated heterocycles. The molecule has 8 heteroatoms. The van der Waals surface area contributed by atoms with E-state index in [1.807, 2.05) is 30.5 Å². The molecule has 1 unspecified atom stereocenters. The molecule has 122 valence electrons. The van der Waals surface area contributed by atoms with Crippen molar-refractivity contribution in [3.63, 3.8) is 0 Å². The van der Waals surface area contributed by atoms with E-state index in [1.54, 1.807) is 6.20 Å². The molecule has 0 radical (unpaired) electrons. The van der Waals surface area contributed by atoms with Gasteiger partial charge in [0.25, 0.3) is 0 Å². The first-order chi connectivity index (χ1) is 11.7. The van der Waals surface area contributed by atoms with Crippen molar-refractivity contribution in [2.75, 3.05) is 5.32 Å². The minimum absolute atomic E-state index is 0.363. The van der Waals surface area contributed by atoms with Gasteiger partial charge in [0.15, 0.2) is 5.82 Å². The highest BCUT2D eigenvalue weighted by Gasteiger charge is 2.13. The van der Waals surface area contributed by atoms with Crippen molar-refractivity contribution in [1.29, 1.82) is 0 Å². The summed E-state index contributed by atoms with van der Waals surface area (Å²) in [4.78, 5) is 4.74. The fraction of sp³-hybridized carbons (Fsp3) is 0.125. The highest BCUT2D eigenvalue weighted by Crippen LogP contribution is 2.24. The number of aromatic amines is 1. The Kier molecular flexibility index (Phi) is 3.75. The summed E-state index contributed by atoms with van der Waals surface area (Å²) < 4.78 is 14.8. The Bertz CT molecular complexity index is 962. The minimum Gasteiger partial charge on any atom is -0.373 e. The summed E-state index contributed by atoms with van der Waals surface area (Å²) >= 11 is 1.24. The van der Waals surface area contributed by atoms with Gasteiger partial charge in [0.1, 0.15) is 17.4 Å². The Morgan fingerprint density at radius 2 is 2.29 bits per heavy atom. The van der Waals surface area contributed by atoms with E-state index >= 15 is 0 Å². The maximum absolute atomic E-state index is 13.5. The number of hydrogen-bond donors (Lipinski definition) is 3. The predicted molar refractivity (Wildman–Crippen MR) is 90.4 cm³/mol. The second kappa shape index (κ2) is 6.06. The van der Waals surface area contributed by atoms with Crippen molar-refractivity contribution in [3.05, 3.63) is 59.9 Å². The van der Waals surface area contributed by atoms with Crippen LogP contribution in [0.5, 0.6) is 0 Å². The lowest BCUT2D eigenvalue weighted by Crippen LogP contribution is -2.21. The Morgan fingerprint density at radius 3 is 3.12 bits per heavy atom. The summed E-state index contributed by atoms with van der Waals surface area (Å²) in [5, 5.41) is 21.4. The van der Waals surface area contributed by atoms with Gasteiger partial charge in [-0.15, -0.1) is 11.3 Å². The SMILES string of the molecule is OC(Cc1cccc(-c2cn[nH]c2)c1)Nc1ncn2c(F)csc12. The molecule has 0 saturated carbocycles. The van der Waals surface area contributed by atoms with Gasteiger partial charge in [-0.3, -0.25) is 9.50 Å². The third-order valence-corrected chi connectivity index (χ3v) is 4.64. The lowest BCUT2D eigenvalue weighted by Gasteiger charge is -2.13. The molecule has 3 heterocycles. The summed E-state index contributed by atoms with van der Waals surface area (Å²) in [7, 11) is 0. The van der Waals surface area contributed by atoms with Crippen LogP contribution >= 0.6 is 11.3 Å². The monoisotopic (exact) mass is 343 g/mol. The highest BCUT2D eigenvalue weighted by molar-refractivity contribution is 7.16. The van der Waals surface area contributed by atoms with E-state index in [1.165, 1.54) is 27.4 Å². The fourth-order valence-electron chi connectivity index (χ4n) is 2.58. The molecule has 0 aliphatic rings. The van der Waals surface area contributed by atoms with Crippen LogP contribution < -0.4 is 5.32 Å².